The number of carbonyl (C=O) groups excluding carboxylic acids is 2. The summed E-state index contributed by atoms with van der Waals surface area (Å²) in [6, 6.07) is -1.04. The van der Waals surface area contributed by atoms with E-state index in [0.717, 1.165) is 18.7 Å². The van der Waals surface area contributed by atoms with Crippen molar-refractivity contribution in [3.63, 3.8) is 0 Å². The van der Waals surface area contributed by atoms with E-state index >= 15 is 0 Å². The summed E-state index contributed by atoms with van der Waals surface area (Å²) in [4.78, 5) is 24.0. The van der Waals surface area contributed by atoms with Gasteiger partial charge in [0.15, 0.2) is 5.78 Å². The van der Waals surface area contributed by atoms with E-state index in [4.69, 9.17) is 5.73 Å². The van der Waals surface area contributed by atoms with Gasteiger partial charge in [0.1, 0.15) is 5.37 Å². The molecule has 6 heteroatoms. The Morgan fingerprint density at radius 1 is 1.50 bits per heavy atom. The number of hydrogen-bond acceptors (Lipinski definition) is 5. The molecule has 0 spiro atoms. The molecular formula is C12H23N3O2S. The molecule has 1 fully saturated rings. The van der Waals surface area contributed by atoms with Crippen molar-refractivity contribution in [3.8, 4) is 0 Å². The number of hydrogen-bond donors (Lipinski definition) is 3. The van der Waals surface area contributed by atoms with Gasteiger partial charge in [-0.15, -0.1) is 11.8 Å². The zero-order chi connectivity index (χ0) is 13.7. The van der Waals surface area contributed by atoms with Crippen LogP contribution in [0.5, 0.6) is 0 Å². The summed E-state index contributed by atoms with van der Waals surface area (Å²) in [6.07, 6.45) is 0.840. The summed E-state index contributed by atoms with van der Waals surface area (Å²) in [5.74, 6) is 0.839. The zero-order valence-electron chi connectivity index (χ0n) is 11.2. The van der Waals surface area contributed by atoms with Crippen molar-refractivity contribution in [1.82, 2.24) is 10.6 Å². The fourth-order valence-electron chi connectivity index (χ4n) is 1.79. The van der Waals surface area contributed by atoms with Gasteiger partial charge in [-0.05, 0) is 12.8 Å². The molecule has 18 heavy (non-hydrogen) atoms. The van der Waals surface area contributed by atoms with Crippen LogP contribution in [-0.2, 0) is 9.59 Å². The molecule has 0 bridgehead atoms. The summed E-state index contributed by atoms with van der Waals surface area (Å²) in [5, 5.41) is 5.73. The van der Waals surface area contributed by atoms with Crippen LogP contribution in [0.1, 0.15) is 27.2 Å². The molecule has 1 rings (SSSR count). The summed E-state index contributed by atoms with van der Waals surface area (Å²) >= 11 is 1.60. The third-order valence-electron chi connectivity index (χ3n) is 3.21. The van der Waals surface area contributed by atoms with Crippen molar-refractivity contribution in [2.75, 3.05) is 12.3 Å². The maximum Gasteiger partial charge on any atom is 0.237 e. The number of thioether (sulfide) groups is 1. The van der Waals surface area contributed by atoms with Crippen LogP contribution in [0.15, 0.2) is 0 Å². The van der Waals surface area contributed by atoms with Crippen LogP contribution < -0.4 is 16.4 Å². The van der Waals surface area contributed by atoms with Gasteiger partial charge in [0.2, 0.25) is 5.91 Å². The number of rotatable bonds is 6. The molecule has 104 valence electrons. The van der Waals surface area contributed by atoms with Gasteiger partial charge in [-0.2, -0.15) is 0 Å². The van der Waals surface area contributed by atoms with Gasteiger partial charge in [-0.25, -0.2) is 0 Å². The third kappa shape index (κ3) is 3.96. The largest absolute Gasteiger partial charge is 0.345 e. The minimum Gasteiger partial charge on any atom is -0.345 e. The van der Waals surface area contributed by atoms with Crippen LogP contribution in [-0.4, -0.2) is 41.4 Å². The Labute approximate surface area is 113 Å². The lowest BCUT2D eigenvalue weighted by atomic mass is 9.94. The minimum absolute atomic E-state index is 0.0563. The first-order valence-corrected chi connectivity index (χ1v) is 7.47. The highest BCUT2D eigenvalue weighted by Gasteiger charge is 2.33. The smallest absolute Gasteiger partial charge is 0.237 e. The standard InChI is InChI=1S/C12H23N3O2S/c1-4-7(2)9(15-11(17)8(3)13)10(16)12-14-5-6-18-12/h7-9,12,14H,4-6,13H2,1-3H3,(H,15,17). The van der Waals surface area contributed by atoms with Gasteiger partial charge >= 0.3 is 0 Å². The Bertz CT molecular complexity index is 304. The lowest BCUT2D eigenvalue weighted by Crippen LogP contribution is -2.53. The molecule has 0 radical (unpaired) electrons. The summed E-state index contributed by atoms with van der Waals surface area (Å²) in [7, 11) is 0. The van der Waals surface area contributed by atoms with Gasteiger partial charge in [0.25, 0.3) is 0 Å². The van der Waals surface area contributed by atoms with Gasteiger partial charge in [-0.3, -0.25) is 14.9 Å². The van der Waals surface area contributed by atoms with Crippen molar-refractivity contribution in [1.29, 1.82) is 0 Å². The SMILES string of the molecule is CCC(C)C(NC(=O)C(C)N)C(=O)C1NCCS1. The lowest BCUT2D eigenvalue weighted by Gasteiger charge is -2.26. The molecule has 5 nitrogen and oxygen atoms in total. The maximum atomic E-state index is 12.4. The molecule has 1 saturated heterocycles. The van der Waals surface area contributed by atoms with E-state index in [1.807, 2.05) is 13.8 Å². The molecule has 0 aliphatic carbocycles. The molecule has 4 N–H and O–H groups in total. The number of ketones is 1. The second-order valence-corrected chi connectivity index (χ2v) is 5.98. The van der Waals surface area contributed by atoms with Crippen LogP contribution in [0.4, 0.5) is 0 Å². The Kier molecular flexibility index (Phi) is 6.11. The molecule has 0 aromatic rings. The topological polar surface area (TPSA) is 84.2 Å². The molecule has 4 unspecified atom stereocenters. The van der Waals surface area contributed by atoms with Crippen molar-refractivity contribution in [2.24, 2.45) is 11.7 Å². The van der Waals surface area contributed by atoms with Crippen LogP contribution in [0.2, 0.25) is 0 Å². The second-order valence-electron chi connectivity index (χ2n) is 4.77. The number of Topliss-reactive ketones (excluding diaryl/α,β-unsaturated/α-hetero) is 1. The lowest BCUT2D eigenvalue weighted by molar-refractivity contribution is -0.129. The normalized spacial score (nSPS) is 24.3. The number of nitrogens with two attached hydrogens (primary N) is 1. The Morgan fingerprint density at radius 2 is 2.17 bits per heavy atom. The van der Waals surface area contributed by atoms with E-state index in [-0.39, 0.29) is 23.0 Å². The van der Waals surface area contributed by atoms with Gasteiger partial charge in [0, 0.05) is 12.3 Å². The second kappa shape index (κ2) is 7.11. The Morgan fingerprint density at radius 3 is 2.61 bits per heavy atom. The van der Waals surface area contributed by atoms with Crippen LogP contribution in [0.25, 0.3) is 0 Å². The highest BCUT2D eigenvalue weighted by atomic mass is 32.2. The highest BCUT2D eigenvalue weighted by molar-refractivity contribution is 8.00. The Balaban J connectivity index is 2.70. The first-order valence-electron chi connectivity index (χ1n) is 6.42. The predicted molar refractivity (Wildman–Crippen MR) is 74.3 cm³/mol. The molecule has 0 aromatic heterocycles. The summed E-state index contributed by atoms with van der Waals surface area (Å²) in [5.41, 5.74) is 5.54. The zero-order valence-corrected chi connectivity index (χ0v) is 12.0. The van der Waals surface area contributed by atoms with Crippen molar-refractivity contribution < 1.29 is 9.59 Å². The van der Waals surface area contributed by atoms with Gasteiger partial charge in [-0.1, -0.05) is 20.3 Å². The fraction of sp³-hybridized carbons (Fsp3) is 0.833. The number of nitrogens with one attached hydrogen (secondary N) is 2. The number of carbonyl (C=O) groups is 2. The Hall–Kier alpha value is -0.590. The van der Waals surface area contributed by atoms with Crippen LogP contribution in [0, 0.1) is 5.92 Å². The first-order chi connectivity index (χ1) is 8.47. The van der Waals surface area contributed by atoms with Gasteiger partial charge < -0.3 is 11.1 Å². The molecule has 1 amide bonds. The van der Waals surface area contributed by atoms with Crippen molar-refractivity contribution in [3.05, 3.63) is 0 Å². The summed E-state index contributed by atoms with van der Waals surface area (Å²) in [6.45, 7) is 6.45. The quantitative estimate of drug-likeness (QED) is 0.639. The average molecular weight is 273 g/mol. The van der Waals surface area contributed by atoms with E-state index in [1.54, 1.807) is 18.7 Å². The molecule has 1 heterocycles. The predicted octanol–water partition coefficient (Wildman–Crippen LogP) is 0.0961. The third-order valence-corrected chi connectivity index (χ3v) is 4.38. The van der Waals surface area contributed by atoms with E-state index < -0.39 is 12.1 Å². The monoisotopic (exact) mass is 273 g/mol. The average Bonchev–Trinajstić information content (AvgIpc) is 2.87. The molecule has 1 aliphatic rings. The van der Waals surface area contributed by atoms with Crippen molar-refractivity contribution >= 4 is 23.5 Å². The van der Waals surface area contributed by atoms with E-state index in [2.05, 4.69) is 10.6 Å². The molecular weight excluding hydrogens is 250 g/mol. The van der Waals surface area contributed by atoms with E-state index in [9.17, 15) is 9.59 Å². The van der Waals surface area contributed by atoms with Crippen LogP contribution in [0.3, 0.4) is 0 Å². The molecule has 4 atom stereocenters. The molecule has 1 aliphatic heterocycles. The summed E-state index contributed by atoms with van der Waals surface area (Å²) < 4.78 is 0. The fourth-order valence-corrected chi connectivity index (χ4v) is 2.80. The molecule has 0 aromatic carbocycles. The van der Waals surface area contributed by atoms with Crippen LogP contribution >= 0.6 is 11.8 Å². The van der Waals surface area contributed by atoms with Gasteiger partial charge in [0.05, 0.1) is 12.1 Å². The highest BCUT2D eigenvalue weighted by Crippen LogP contribution is 2.19. The molecule has 0 saturated carbocycles. The van der Waals surface area contributed by atoms with E-state index in [1.165, 1.54) is 0 Å². The maximum absolute atomic E-state index is 12.4. The number of amides is 1. The van der Waals surface area contributed by atoms with E-state index in [0.29, 0.717) is 0 Å². The van der Waals surface area contributed by atoms with Crippen molar-refractivity contribution in [2.45, 2.75) is 44.6 Å². The first kappa shape index (κ1) is 15.5. The minimum atomic E-state index is -0.589.